The molecule has 204 valence electrons. The number of aliphatic imine (C=N–C) groups is 2. The van der Waals surface area contributed by atoms with Crippen molar-refractivity contribution in [2.24, 2.45) is 9.98 Å². The van der Waals surface area contributed by atoms with Crippen LogP contribution < -0.4 is 10.6 Å². The van der Waals surface area contributed by atoms with Crippen LogP contribution in [0.25, 0.3) is 0 Å². The van der Waals surface area contributed by atoms with Gasteiger partial charge in [-0.15, -0.1) is 0 Å². The number of unbranched alkanes of at least 4 members (excludes halogenated alkanes) is 6. The maximum atomic E-state index is 12.5. The zero-order chi connectivity index (χ0) is 27.0. The van der Waals surface area contributed by atoms with E-state index in [-0.39, 0.29) is 37.6 Å². The standard InChI is InChI=1S/C30H40N4O4/c35-19-7-3-1-5-17-31-23-9-13-25(14-10-23)33-27-21-28(30(38)22-29(27)37)34-26-15-11-24(12-16-26)32-18-6-2-4-8-20-36/h9-16,31-32,35-36H,1-8,17-22H2. The van der Waals surface area contributed by atoms with Gasteiger partial charge in [0.1, 0.15) is 0 Å². The van der Waals surface area contributed by atoms with Crippen molar-refractivity contribution in [3.63, 3.8) is 0 Å². The Morgan fingerprint density at radius 3 is 1.34 bits per heavy atom. The molecule has 0 atom stereocenters. The highest BCUT2D eigenvalue weighted by atomic mass is 16.3. The van der Waals surface area contributed by atoms with Crippen molar-refractivity contribution < 1.29 is 19.8 Å². The molecule has 1 aliphatic rings. The summed E-state index contributed by atoms with van der Waals surface area (Å²) in [6.45, 7) is 2.23. The van der Waals surface area contributed by atoms with E-state index in [2.05, 4.69) is 20.6 Å². The molecule has 0 saturated heterocycles. The molecule has 0 radical (unpaired) electrons. The summed E-state index contributed by atoms with van der Waals surface area (Å²) in [5, 5.41) is 24.4. The molecule has 8 nitrogen and oxygen atoms in total. The van der Waals surface area contributed by atoms with E-state index in [1.807, 2.05) is 48.5 Å². The highest BCUT2D eigenvalue weighted by Crippen LogP contribution is 2.22. The number of carbonyl (C=O) groups is 2. The second-order valence-electron chi connectivity index (χ2n) is 9.54. The summed E-state index contributed by atoms with van der Waals surface area (Å²) in [5.74, 6) is -0.505. The molecular formula is C30H40N4O4. The first kappa shape index (κ1) is 29.2. The highest BCUT2D eigenvalue weighted by molar-refractivity contribution is 6.61. The number of aliphatic hydroxyl groups is 2. The van der Waals surface area contributed by atoms with Gasteiger partial charge in [0.2, 0.25) is 0 Å². The Hall–Kier alpha value is -3.36. The fourth-order valence-corrected chi connectivity index (χ4v) is 4.17. The molecule has 38 heavy (non-hydrogen) atoms. The van der Waals surface area contributed by atoms with Gasteiger partial charge in [-0.2, -0.15) is 0 Å². The topological polar surface area (TPSA) is 123 Å². The van der Waals surface area contributed by atoms with Gasteiger partial charge in [0.15, 0.2) is 11.6 Å². The Bertz CT molecular complexity index is 993. The predicted octanol–water partition coefficient (Wildman–Crippen LogP) is 5.39. The number of Topliss-reactive ketones (excluding diaryl/α,β-unsaturated/α-hetero) is 2. The summed E-state index contributed by atoms with van der Waals surface area (Å²) < 4.78 is 0. The van der Waals surface area contributed by atoms with Crippen LogP contribution in [0.2, 0.25) is 0 Å². The van der Waals surface area contributed by atoms with Crippen molar-refractivity contribution in [2.75, 3.05) is 36.9 Å². The molecule has 8 heteroatoms. The van der Waals surface area contributed by atoms with Crippen molar-refractivity contribution in [3.05, 3.63) is 48.5 Å². The lowest BCUT2D eigenvalue weighted by Gasteiger charge is -2.14. The molecule has 1 fully saturated rings. The van der Waals surface area contributed by atoms with Crippen LogP contribution in [0.5, 0.6) is 0 Å². The Balaban J connectivity index is 1.54. The quantitative estimate of drug-likeness (QED) is 0.174. The molecule has 1 saturated carbocycles. The van der Waals surface area contributed by atoms with Gasteiger partial charge in [0.25, 0.3) is 0 Å². The number of carbonyl (C=O) groups excluding carboxylic acids is 2. The fraction of sp³-hybridized carbons (Fsp3) is 0.467. The number of hydrogen-bond donors (Lipinski definition) is 4. The number of ketones is 2. The first-order valence-electron chi connectivity index (χ1n) is 13.7. The lowest BCUT2D eigenvalue weighted by atomic mass is 9.93. The van der Waals surface area contributed by atoms with Crippen LogP contribution in [-0.4, -0.2) is 59.5 Å². The lowest BCUT2D eigenvalue weighted by molar-refractivity contribution is -0.120. The molecule has 0 spiro atoms. The number of aliphatic hydroxyl groups excluding tert-OH is 2. The molecule has 0 amide bonds. The predicted molar refractivity (Wildman–Crippen MR) is 154 cm³/mol. The Labute approximate surface area is 225 Å². The number of benzene rings is 2. The third-order valence-corrected chi connectivity index (χ3v) is 6.39. The molecule has 0 aromatic heterocycles. The van der Waals surface area contributed by atoms with E-state index < -0.39 is 0 Å². The smallest absolute Gasteiger partial charge is 0.185 e. The van der Waals surface area contributed by atoms with E-state index >= 15 is 0 Å². The number of nitrogens with one attached hydrogen (secondary N) is 2. The summed E-state index contributed by atoms with van der Waals surface area (Å²) >= 11 is 0. The molecule has 2 aromatic carbocycles. The molecule has 3 rings (SSSR count). The monoisotopic (exact) mass is 520 g/mol. The van der Waals surface area contributed by atoms with Crippen LogP contribution in [0.1, 0.15) is 64.2 Å². The Morgan fingerprint density at radius 2 is 0.947 bits per heavy atom. The number of nitrogens with zero attached hydrogens (tertiary/aromatic N) is 2. The van der Waals surface area contributed by atoms with E-state index in [4.69, 9.17) is 10.2 Å². The molecule has 2 aromatic rings. The molecule has 1 aliphatic carbocycles. The van der Waals surface area contributed by atoms with Crippen molar-refractivity contribution in [1.82, 2.24) is 0 Å². The summed E-state index contributed by atoms with van der Waals surface area (Å²) in [6.07, 6.45) is 7.93. The van der Waals surface area contributed by atoms with Crippen molar-refractivity contribution in [1.29, 1.82) is 0 Å². The molecule has 0 heterocycles. The van der Waals surface area contributed by atoms with Gasteiger partial charge in [-0.05, 0) is 74.2 Å². The first-order chi connectivity index (χ1) is 18.6. The Kier molecular flexibility index (Phi) is 12.7. The number of rotatable bonds is 16. The largest absolute Gasteiger partial charge is 0.396 e. The van der Waals surface area contributed by atoms with Gasteiger partial charge in [-0.1, -0.05) is 25.7 Å². The van der Waals surface area contributed by atoms with Crippen LogP contribution in [0, 0.1) is 0 Å². The zero-order valence-electron chi connectivity index (χ0n) is 22.1. The molecule has 0 bridgehead atoms. The number of anilines is 2. The van der Waals surface area contributed by atoms with Crippen LogP contribution in [0.4, 0.5) is 22.7 Å². The maximum absolute atomic E-state index is 12.5. The van der Waals surface area contributed by atoms with Crippen LogP contribution in [0.15, 0.2) is 58.5 Å². The van der Waals surface area contributed by atoms with Gasteiger partial charge < -0.3 is 20.8 Å². The third kappa shape index (κ3) is 10.2. The third-order valence-electron chi connectivity index (χ3n) is 6.39. The lowest BCUT2D eigenvalue weighted by Crippen LogP contribution is -2.32. The summed E-state index contributed by atoms with van der Waals surface area (Å²) in [4.78, 5) is 34.1. The fourth-order valence-electron chi connectivity index (χ4n) is 4.17. The summed E-state index contributed by atoms with van der Waals surface area (Å²) in [5.41, 5.74) is 4.02. The normalized spacial score (nSPS) is 15.8. The van der Waals surface area contributed by atoms with Crippen molar-refractivity contribution in [3.8, 4) is 0 Å². The number of hydrogen-bond acceptors (Lipinski definition) is 8. The van der Waals surface area contributed by atoms with Crippen molar-refractivity contribution >= 4 is 45.7 Å². The molecular weight excluding hydrogens is 480 g/mol. The summed E-state index contributed by atoms with van der Waals surface area (Å²) in [6, 6.07) is 15.2. The van der Waals surface area contributed by atoms with Gasteiger partial charge in [0, 0.05) is 44.1 Å². The van der Waals surface area contributed by atoms with E-state index in [9.17, 15) is 9.59 Å². The highest BCUT2D eigenvalue weighted by Gasteiger charge is 2.28. The summed E-state index contributed by atoms with van der Waals surface area (Å²) in [7, 11) is 0. The van der Waals surface area contributed by atoms with Crippen molar-refractivity contribution in [2.45, 2.75) is 64.2 Å². The van der Waals surface area contributed by atoms with E-state index in [0.29, 0.717) is 22.8 Å². The van der Waals surface area contributed by atoms with Crippen LogP contribution in [0.3, 0.4) is 0 Å². The molecule has 4 N–H and O–H groups in total. The van der Waals surface area contributed by atoms with Crippen LogP contribution >= 0.6 is 0 Å². The van der Waals surface area contributed by atoms with E-state index in [1.165, 1.54) is 0 Å². The minimum atomic E-state index is -0.252. The first-order valence-corrected chi connectivity index (χ1v) is 13.7. The average Bonchev–Trinajstić information content (AvgIpc) is 2.92. The van der Waals surface area contributed by atoms with E-state index in [0.717, 1.165) is 75.8 Å². The van der Waals surface area contributed by atoms with Gasteiger partial charge in [0.05, 0.1) is 29.2 Å². The SMILES string of the molecule is O=C1CC(=O)C(=Nc2ccc(NCCCCCCO)cc2)CC1=Nc1ccc(NCCCCCCO)cc1. The minimum Gasteiger partial charge on any atom is -0.396 e. The van der Waals surface area contributed by atoms with E-state index in [1.54, 1.807) is 0 Å². The second kappa shape index (κ2) is 16.5. The van der Waals surface area contributed by atoms with Crippen LogP contribution in [-0.2, 0) is 9.59 Å². The van der Waals surface area contributed by atoms with Gasteiger partial charge in [-0.3, -0.25) is 9.59 Å². The molecule has 0 aliphatic heterocycles. The van der Waals surface area contributed by atoms with Gasteiger partial charge >= 0.3 is 0 Å². The maximum Gasteiger partial charge on any atom is 0.185 e. The zero-order valence-corrected chi connectivity index (χ0v) is 22.1. The van der Waals surface area contributed by atoms with Gasteiger partial charge in [-0.25, -0.2) is 9.98 Å². The second-order valence-corrected chi connectivity index (χ2v) is 9.54. The molecule has 0 unspecified atom stereocenters. The minimum absolute atomic E-state index is 0.124. The average molecular weight is 521 g/mol. The Morgan fingerprint density at radius 1 is 0.553 bits per heavy atom.